The SMILES string of the molecule is Cc1ccc(C)c(NC(=O)CSc2nccn3nc(-c4ccc(Cl)cc4)cc23)c1. The van der Waals surface area contributed by atoms with E-state index in [9.17, 15) is 4.79 Å². The van der Waals surface area contributed by atoms with Gasteiger partial charge in [0.25, 0.3) is 0 Å². The molecule has 5 nitrogen and oxygen atoms in total. The van der Waals surface area contributed by atoms with Gasteiger partial charge in [-0.05, 0) is 49.2 Å². The number of hydrogen-bond acceptors (Lipinski definition) is 4. The van der Waals surface area contributed by atoms with Gasteiger partial charge in [-0.15, -0.1) is 0 Å². The van der Waals surface area contributed by atoms with Crippen molar-refractivity contribution in [1.82, 2.24) is 14.6 Å². The van der Waals surface area contributed by atoms with Gasteiger partial charge in [0.15, 0.2) is 0 Å². The summed E-state index contributed by atoms with van der Waals surface area (Å²) in [5.41, 5.74) is 5.66. The Morgan fingerprint density at radius 1 is 1.14 bits per heavy atom. The third kappa shape index (κ3) is 4.44. The molecule has 146 valence electrons. The Morgan fingerprint density at radius 3 is 2.72 bits per heavy atom. The van der Waals surface area contributed by atoms with Crippen LogP contribution in [0.1, 0.15) is 11.1 Å². The molecule has 0 aliphatic heterocycles. The molecule has 0 aliphatic rings. The quantitative estimate of drug-likeness (QED) is 0.437. The molecule has 2 heterocycles. The van der Waals surface area contributed by atoms with Crippen molar-refractivity contribution < 1.29 is 4.79 Å². The molecule has 2 aromatic heterocycles. The van der Waals surface area contributed by atoms with Crippen LogP contribution in [-0.4, -0.2) is 26.3 Å². The first-order valence-corrected chi connectivity index (χ1v) is 10.5. The highest BCUT2D eigenvalue weighted by molar-refractivity contribution is 8.00. The second-order valence-electron chi connectivity index (χ2n) is 6.75. The number of aryl methyl sites for hydroxylation is 2. The number of benzene rings is 2. The van der Waals surface area contributed by atoms with E-state index >= 15 is 0 Å². The predicted octanol–water partition coefficient (Wildman–Crippen LogP) is 5.40. The smallest absolute Gasteiger partial charge is 0.234 e. The zero-order valence-corrected chi connectivity index (χ0v) is 17.6. The summed E-state index contributed by atoms with van der Waals surface area (Å²) in [5.74, 6) is 0.201. The highest BCUT2D eigenvalue weighted by Gasteiger charge is 2.12. The lowest BCUT2D eigenvalue weighted by Gasteiger charge is -2.09. The van der Waals surface area contributed by atoms with Crippen molar-refractivity contribution in [3.05, 3.63) is 77.1 Å². The lowest BCUT2D eigenvalue weighted by molar-refractivity contribution is -0.113. The van der Waals surface area contributed by atoms with Crippen LogP contribution in [0.4, 0.5) is 5.69 Å². The molecule has 4 rings (SSSR count). The number of anilines is 1. The number of halogens is 1. The fourth-order valence-corrected chi connectivity index (χ4v) is 3.86. The molecule has 0 bridgehead atoms. The number of carbonyl (C=O) groups excluding carboxylic acids is 1. The number of fused-ring (bicyclic) bond motifs is 1. The topological polar surface area (TPSA) is 59.3 Å². The maximum atomic E-state index is 12.4. The summed E-state index contributed by atoms with van der Waals surface area (Å²) in [7, 11) is 0. The van der Waals surface area contributed by atoms with Crippen LogP contribution in [0, 0.1) is 13.8 Å². The van der Waals surface area contributed by atoms with Gasteiger partial charge in [-0.2, -0.15) is 5.10 Å². The van der Waals surface area contributed by atoms with E-state index in [1.807, 2.05) is 62.4 Å². The standard InChI is InChI=1S/C22H19ClN4OS/c1-14-3-4-15(2)18(11-14)25-21(28)13-29-22-20-12-19(26-27(20)10-9-24-22)16-5-7-17(23)8-6-16/h3-12H,13H2,1-2H3,(H,25,28). The van der Waals surface area contributed by atoms with Gasteiger partial charge in [0, 0.05) is 28.7 Å². The monoisotopic (exact) mass is 422 g/mol. The van der Waals surface area contributed by atoms with E-state index in [2.05, 4.69) is 15.4 Å². The minimum Gasteiger partial charge on any atom is -0.325 e. The van der Waals surface area contributed by atoms with Gasteiger partial charge in [-0.25, -0.2) is 9.50 Å². The van der Waals surface area contributed by atoms with E-state index in [0.29, 0.717) is 5.02 Å². The van der Waals surface area contributed by atoms with Crippen LogP contribution < -0.4 is 5.32 Å². The first-order valence-electron chi connectivity index (χ1n) is 9.10. The van der Waals surface area contributed by atoms with E-state index in [1.54, 1.807) is 16.9 Å². The molecule has 4 aromatic rings. The highest BCUT2D eigenvalue weighted by atomic mass is 35.5. The Hall–Kier alpha value is -2.83. The van der Waals surface area contributed by atoms with Crippen molar-refractivity contribution in [1.29, 1.82) is 0 Å². The molecule has 0 spiro atoms. The van der Waals surface area contributed by atoms with Crippen LogP contribution in [0.2, 0.25) is 5.02 Å². The molecule has 0 saturated heterocycles. The summed E-state index contributed by atoms with van der Waals surface area (Å²) in [6.45, 7) is 3.99. The summed E-state index contributed by atoms with van der Waals surface area (Å²) in [4.78, 5) is 16.9. The lowest BCUT2D eigenvalue weighted by atomic mass is 10.1. The molecule has 0 atom stereocenters. The van der Waals surface area contributed by atoms with Crippen LogP contribution in [0.15, 0.2) is 66.0 Å². The Kier molecular flexibility index (Phi) is 5.56. The predicted molar refractivity (Wildman–Crippen MR) is 119 cm³/mol. The van der Waals surface area contributed by atoms with Crippen LogP contribution in [0.5, 0.6) is 0 Å². The fourth-order valence-electron chi connectivity index (χ4n) is 2.96. The molecule has 0 unspecified atom stereocenters. The van der Waals surface area contributed by atoms with Crippen molar-refractivity contribution in [2.24, 2.45) is 0 Å². The third-order valence-electron chi connectivity index (χ3n) is 4.50. The zero-order valence-electron chi connectivity index (χ0n) is 16.0. The second-order valence-corrected chi connectivity index (χ2v) is 8.15. The van der Waals surface area contributed by atoms with Crippen LogP contribution >= 0.6 is 23.4 Å². The Balaban J connectivity index is 1.51. The molecule has 7 heteroatoms. The molecule has 0 saturated carbocycles. The van der Waals surface area contributed by atoms with Crippen LogP contribution in [-0.2, 0) is 4.79 Å². The number of rotatable bonds is 5. The summed E-state index contributed by atoms with van der Waals surface area (Å²) in [5, 5.41) is 9.04. The number of hydrogen-bond donors (Lipinski definition) is 1. The van der Waals surface area contributed by atoms with Gasteiger partial charge in [-0.1, -0.05) is 47.6 Å². The van der Waals surface area contributed by atoms with Gasteiger partial charge in [0.1, 0.15) is 5.03 Å². The van der Waals surface area contributed by atoms with E-state index in [-0.39, 0.29) is 11.7 Å². The zero-order chi connectivity index (χ0) is 20.4. The maximum Gasteiger partial charge on any atom is 0.234 e. The summed E-state index contributed by atoms with van der Waals surface area (Å²) >= 11 is 7.37. The number of aromatic nitrogens is 3. The number of nitrogens with one attached hydrogen (secondary N) is 1. The molecule has 29 heavy (non-hydrogen) atoms. The largest absolute Gasteiger partial charge is 0.325 e. The molecular formula is C22H19ClN4OS. The third-order valence-corrected chi connectivity index (χ3v) is 5.75. The van der Waals surface area contributed by atoms with Crippen molar-refractivity contribution >= 4 is 40.5 Å². The van der Waals surface area contributed by atoms with Crippen molar-refractivity contribution in [3.63, 3.8) is 0 Å². The first-order chi connectivity index (χ1) is 14.0. The van der Waals surface area contributed by atoms with Crippen LogP contribution in [0.3, 0.4) is 0 Å². The minimum absolute atomic E-state index is 0.0649. The Bertz CT molecular complexity index is 1190. The maximum absolute atomic E-state index is 12.4. The molecule has 0 fully saturated rings. The van der Waals surface area contributed by atoms with E-state index in [0.717, 1.165) is 38.6 Å². The van der Waals surface area contributed by atoms with Gasteiger partial charge >= 0.3 is 0 Å². The first kappa shape index (κ1) is 19.5. The number of amides is 1. The molecule has 2 aromatic carbocycles. The number of thioether (sulfide) groups is 1. The summed E-state index contributed by atoms with van der Waals surface area (Å²) in [6.07, 6.45) is 3.49. The van der Waals surface area contributed by atoms with Crippen molar-refractivity contribution in [2.75, 3.05) is 11.1 Å². The lowest BCUT2D eigenvalue weighted by Crippen LogP contribution is -2.15. The Labute approximate surface area is 178 Å². The van der Waals surface area contributed by atoms with Crippen LogP contribution in [0.25, 0.3) is 16.8 Å². The molecule has 1 amide bonds. The second kappa shape index (κ2) is 8.27. The molecule has 1 N–H and O–H groups in total. The Morgan fingerprint density at radius 2 is 1.93 bits per heavy atom. The molecule has 0 aliphatic carbocycles. The molecule has 0 radical (unpaired) electrons. The van der Waals surface area contributed by atoms with Gasteiger partial charge < -0.3 is 5.32 Å². The summed E-state index contributed by atoms with van der Waals surface area (Å²) < 4.78 is 1.78. The average molecular weight is 423 g/mol. The molecular weight excluding hydrogens is 404 g/mol. The van der Waals surface area contributed by atoms with Crippen molar-refractivity contribution in [3.8, 4) is 11.3 Å². The van der Waals surface area contributed by atoms with E-state index < -0.39 is 0 Å². The number of carbonyl (C=O) groups is 1. The van der Waals surface area contributed by atoms with Gasteiger partial charge in [0.05, 0.1) is 17.0 Å². The minimum atomic E-state index is -0.0649. The summed E-state index contributed by atoms with van der Waals surface area (Å²) in [6, 6.07) is 15.5. The van der Waals surface area contributed by atoms with Gasteiger partial charge in [0.2, 0.25) is 5.91 Å². The van der Waals surface area contributed by atoms with E-state index in [4.69, 9.17) is 11.6 Å². The fraction of sp³-hybridized carbons (Fsp3) is 0.136. The number of nitrogens with zero attached hydrogens (tertiary/aromatic N) is 3. The average Bonchev–Trinajstić information content (AvgIpc) is 3.14. The normalized spacial score (nSPS) is 11.0. The van der Waals surface area contributed by atoms with Gasteiger partial charge in [-0.3, -0.25) is 4.79 Å². The van der Waals surface area contributed by atoms with E-state index in [1.165, 1.54) is 11.8 Å². The highest BCUT2D eigenvalue weighted by Crippen LogP contribution is 2.27. The van der Waals surface area contributed by atoms with Crippen molar-refractivity contribution in [2.45, 2.75) is 18.9 Å².